The Morgan fingerprint density at radius 2 is 1.67 bits per heavy atom. The van der Waals surface area contributed by atoms with Gasteiger partial charge in [-0.1, -0.05) is 48.5 Å². The van der Waals surface area contributed by atoms with Crippen LogP contribution >= 0.6 is 11.6 Å². The van der Waals surface area contributed by atoms with Crippen LogP contribution in [-0.2, 0) is 6.42 Å². The average molecular weight is 259 g/mol. The van der Waals surface area contributed by atoms with Crippen molar-refractivity contribution in [3.05, 3.63) is 70.8 Å². The van der Waals surface area contributed by atoms with Gasteiger partial charge in [-0.15, -0.1) is 11.6 Å². The van der Waals surface area contributed by atoms with Gasteiger partial charge < -0.3 is 0 Å². The third kappa shape index (κ3) is 3.14. The van der Waals surface area contributed by atoms with Crippen molar-refractivity contribution in [3.63, 3.8) is 0 Å². The number of alkyl halides is 1. The van der Waals surface area contributed by atoms with Crippen molar-refractivity contribution < 1.29 is 0 Å². The molecule has 2 aromatic rings. The molecule has 2 aromatic carbocycles. The zero-order chi connectivity index (χ0) is 13.0. The Hall–Kier alpha value is -1.27. The van der Waals surface area contributed by atoms with Crippen molar-refractivity contribution in [1.29, 1.82) is 0 Å². The van der Waals surface area contributed by atoms with Crippen LogP contribution in [0.2, 0.25) is 0 Å². The third-order valence-corrected chi connectivity index (χ3v) is 3.88. The fourth-order valence-electron chi connectivity index (χ4n) is 2.20. The molecule has 0 aromatic heterocycles. The summed E-state index contributed by atoms with van der Waals surface area (Å²) >= 11 is 6.12. The van der Waals surface area contributed by atoms with Crippen molar-refractivity contribution in [2.24, 2.45) is 0 Å². The molecule has 0 aliphatic heterocycles. The van der Waals surface area contributed by atoms with Gasteiger partial charge in [-0.05, 0) is 42.5 Å². The first kappa shape index (κ1) is 13.2. The number of aryl methyl sites for hydroxylation is 2. The molecule has 0 spiro atoms. The summed E-state index contributed by atoms with van der Waals surface area (Å²) in [6.07, 6.45) is 1.01. The fraction of sp³-hybridized carbons (Fsp3) is 0.294. The van der Waals surface area contributed by atoms with Gasteiger partial charge in [0, 0.05) is 11.8 Å². The number of benzene rings is 2. The van der Waals surface area contributed by atoms with E-state index in [-0.39, 0.29) is 0 Å². The molecule has 1 heteroatoms. The van der Waals surface area contributed by atoms with Gasteiger partial charge in [-0.25, -0.2) is 0 Å². The summed E-state index contributed by atoms with van der Waals surface area (Å²) in [7, 11) is 0. The number of hydrogen-bond donors (Lipinski definition) is 0. The zero-order valence-electron chi connectivity index (χ0n) is 11.0. The summed E-state index contributed by atoms with van der Waals surface area (Å²) in [6, 6.07) is 17.2. The first-order valence-corrected chi connectivity index (χ1v) is 6.91. The lowest BCUT2D eigenvalue weighted by atomic mass is 9.92. The Balaban J connectivity index is 2.18. The highest BCUT2D eigenvalue weighted by Gasteiger charge is 2.11. The minimum Gasteiger partial charge on any atom is -0.126 e. The van der Waals surface area contributed by atoms with Crippen LogP contribution in [0.4, 0.5) is 0 Å². The molecule has 18 heavy (non-hydrogen) atoms. The van der Waals surface area contributed by atoms with Crippen molar-refractivity contribution in [1.82, 2.24) is 0 Å². The molecule has 94 valence electrons. The summed E-state index contributed by atoms with van der Waals surface area (Å²) in [6.45, 7) is 4.31. The third-order valence-electron chi connectivity index (χ3n) is 3.51. The predicted octanol–water partition coefficient (Wildman–Crippen LogP) is 4.87. The molecule has 0 amide bonds. The minimum atomic E-state index is 0.398. The van der Waals surface area contributed by atoms with Crippen LogP contribution < -0.4 is 0 Å². The molecule has 0 heterocycles. The van der Waals surface area contributed by atoms with E-state index in [0.717, 1.165) is 6.42 Å². The number of hydrogen-bond acceptors (Lipinski definition) is 0. The van der Waals surface area contributed by atoms with Crippen LogP contribution in [0.15, 0.2) is 48.5 Å². The van der Waals surface area contributed by atoms with Crippen molar-refractivity contribution in [2.75, 3.05) is 5.88 Å². The van der Waals surface area contributed by atoms with Crippen molar-refractivity contribution >= 4 is 11.6 Å². The summed E-state index contributed by atoms with van der Waals surface area (Å²) in [4.78, 5) is 0. The maximum Gasteiger partial charge on any atom is 0.0295 e. The molecule has 0 aliphatic rings. The molecule has 0 N–H and O–H groups in total. The van der Waals surface area contributed by atoms with Gasteiger partial charge in [0.2, 0.25) is 0 Å². The largest absolute Gasteiger partial charge is 0.126 e. The highest BCUT2D eigenvalue weighted by Crippen LogP contribution is 2.23. The Labute approximate surface area is 115 Å². The van der Waals surface area contributed by atoms with Gasteiger partial charge in [0.15, 0.2) is 0 Å². The maximum absolute atomic E-state index is 6.12. The average Bonchev–Trinajstić information content (AvgIpc) is 2.41. The highest BCUT2D eigenvalue weighted by molar-refractivity contribution is 6.18. The van der Waals surface area contributed by atoms with Crippen LogP contribution in [0.5, 0.6) is 0 Å². The van der Waals surface area contributed by atoms with E-state index in [4.69, 9.17) is 11.6 Å². The Kier molecular flexibility index (Phi) is 4.43. The smallest absolute Gasteiger partial charge is 0.0295 e. The van der Waals surface area contributed by atoms with Crippen molar-refractivity contribution in [2.45, 2.75) is 26.2 Å². The SMILES string of the molecule is Cc1ccc(CC(CCl)c2ccccc2)cc1C. The van der Waals surface area contributed by atoms with Gasteiger partial charge in [-0.2, -0.15) is 0 Å². The molecule has 0 radical (unpaired) electrons. The van der Waals surface area contributed by atoms with Crippen LogP contribution in [0.25, 0.3) is 0 Å². The van der Waals surface area contributed by atoms with Gasteiger partial charge in [0.25, 0.3) is 0 Å². The Bertz CT molecular complexity index is 502. The van der Waals surface area contributed by atoms with Crippen LogP contribution in [0, 0.1) is 13.8 Å². The molecular formula is C17H19Cl. The maximum atomic E-state index is 6.12. The molecule has 0 aliphatic carbocycles. The quantitative estimate of drug-likeness (QED) is 0.687. The molecule has 0 saturated heterocycles. The molecule has 2 rings (SSSR count). The fourth-order valence-corrected chi connectivity index (χ4v) is 2.49. The standard InChI is InChI=1S/C17H19Cl/c1-13-8-9-15(10-14(13)2)11-17(12-18)16-6-4-3-5-7-16/h3-10,17H,11-12H2,1-2H3. The molecule has 1 unspecified atom stereocenters. The van der Waals surface area contributed by atoms with Crippen LogP contribution in [-0.4, -0.2) is 5.88 Å². The Morgan fingerprint density at radius 3 is 2.28 bits per heavy atom. The summed E-state index contributed by atoms with van der Waals surface area (Å²) < 4.78 is 0. The minimum absolute atomic E-state index is 0.398. The highest BCUT2D eigenvalue weighted by atomic mass is 35.5. The lowest BCUT2D eigenvalue weighted by Gasteiger charge is -2.15. The second-order valence-corrected chi connectivity index (χ2v) is 5.19. The van der Waals surface area contributed by atoms with E-state index >= 15 is 0 Å². The van der Waals surface area contributed by atoms with E-state index in [1.807, 2.05) is 6.07 Å². The van der Waals surface area contributed by atoms with Gasteiger partial charge >= 0.3 is 0 Å². The second-order valence-electron chi connectivity index (χ2n) is 4.88. The first-order valence-electron chi connectivity index (χ1n) is 6.37. The summed E-state index contributed by atoms with van der Waals surface area (Å²) in [5.41, 5.74) is 5.40. The monoisotopic (exact) mass is 258 g/mol. The van der Waals surface area contributed by atoms with E-state index in [2.05, 4.69) is 56.3 Å². The molecular weight excluding hydrogens is 240 g/mol. The number of rotatable bonds is 4. The van der Waals surface area contributed by atoms with Gasteiger partial charge in [0.1, 0.15) is 0 Å². The van der Waals surface area contributed by atoms with Gasteiger partial charge in [0.05, 0.1) is 0 Å². The lowest BCUT2D eigenvalue weighted by Crippen LogP contribution is -2.05. The van der Waals surface area contributed by atoms with E-state index in [1.54, 1.807) is 0 Å². The Morgan fingerprint density at radius 1 is 0.944 bits per heavy atom. The van der Waals surface area contributed by atoms with Gasteiger partial charge in [-0.3, -0.25) is 0 Å². The van der Waals surface area contributed by atoms with E-state index in [0.29, 0.717) is 11.8 Å². The molecule has 0 bridgehead atoms. The normalized spacial score (nSPS) is 12.4. The van der Waals surface area contributed by atoms with Crippen molar-refractivity contribution in [3.8, 4) is 0 Å². The van der Waals surface area contributed by atoms with E-state index < -0.39 is 0 Å². The topological polar surface area (TPSA) is 0 Å². The number of halogens is 1. The molecule has 0 fully saturated rings. The van der Waals surface area contributed by atoms with E-state index in [1.165, 1.54) is 22.3 Å². The zero-order valence-corrected chi connectivity index (χ0v) is 11.7. The first-order chi connectivity index (χ1) is 8.70. The predicted molar refractivity (Wildman–Crippen MR) is 79.5 cm³/mol. The molecule has 1 atom stereocenters. The van der Waals surface area contributed by atoms with Crippen LogP contribution in [0.1, 0.15) is 28.2 Å². The summed E-state index contributed by atoms with van der Waals surface area (Å²) in [5.74, 6) is 1.06. The molecule has 0 saturated carbocycles. The van der Waals surface area contributed by atoms with E-state index in [9.17, 15) is 0 Å². The molecule has 0 nitrogen and oxygen atoms in total. The van der Waals surface area contributed by atoms with Crippen LogP contribution in [0.3, 0.4) is 0 Å². The second kappa shape index (κ2) is 6.06. The lowest BCUT2D eigenvalue weighted by molar-refractivity contribution is 0.765. The summed E-state index contributed by atoms with van der Waals surface area (Å²) in [5, 5.41) is 0.